The minimum Gasteiger partial charge on any atom is -0.508 e. The van der Waals surface area contributed by atoms with Crippen LogP contribution < -0.4 is 0 Å². The molecule has 1 fully saturated rings. The highest BCUT2D eigenvalue weighted by molar-refractivity contribution is 5.70. The molecule has 2 N–H and O–H groups in total. The molecule has 116 valence electrons. The number of aromatic hydroxyl groups is 1. The van der Waals surface area contributed by atoms with Gasteiger partial charge in [-0.15, -0.1) is 0 Å². The lowest BCUT2D eigenvalue weighted by molar-refractivity contribution is 0.00854. The van der Waals surface area contributed by atoms with Crippen molar-refractivity contribution in [1.29, 1.82) is 0 Å². The lowest BCUT2D eigenvalue weighted by atomic mass is 10.0. The first-order valence-corrected chi connectivity index (χ1v) is 7.23. The van der Waals surface area contributed by atoms with Gasteiger partial charge in [-0.3, -0.25) is 4.90 Å². The van der Waals surface area contributed by atoms with Gasteiger partial charge in [-0.1, -0.05) is 18.2 Å². The number of hydrogen-bond acceptors (Lipinski definition) is 4. The Morgan fingerprint density at radius 3 is 2.57 bits per heavy atom. The zero-order chi connectivity index (χ0) is 15.6. The molecule has 1 heterocycles. The quantitative estimate of drug-likeness (QED) is 0.879. The maximum atomic E-state index is 12.4. The average molecular weight is 293 g/mol. The molecule has 1 aromatic rings. The predicted octanol–water partition coefficient (Wildman–Crippen LogP) is 2.83. The standard InChI is InChI=1S/C16H23NO4/c1-16(2,3)21-15(20)17-11(10-18)8-9-13(17)12-6-4-5-7-14(12)19/h4-7,11,13,18-19H,8-10H2,1-3H3. The van der Waals surface area contributed by atoms with Crippen LogP contribution in [0.2, 0.25) is 0 Å². The SMILES string of the molecule is CC(C)(C)OC(=O)N1C(CO)CCC1c1ccccc1O. The van der Waals surface area contributed by atoms with Gasteiger partial charge >= 0.3 is 6.09 Å². The van der Waals surface area contributed by atoms with Crippen LogP contribution in [-0.2, 0) is 4.74 Å². The lowest BCUT2D eigenvalue weighted by Crippen LogP contribution is -2.42. The summed E-state index contributed by atoms with van der Waals surface area (Å²) >= 11 is 0. The third kappa shape index (κ3) is 3.47. The van der Waals surface area contributed by atoms with E-state index in [0.29, 0.717) is 18.4 Å². The van der Waals surface area contributed by atoms with Gasteiger partial charge in [0.25, 0.3) is 0 Å². The van der Waals surface area contributed by atoms with Crippen molar-refractivity contribution in [3.63, 3.8) is 0 Å². The van der Waals surface area contributed by atoms with E-state index in [2.05, 4.69) is 0 Å². The van der Waals surface area contributed by atoms with Crippen molar-refractivity contribution >= 4 is 6.09 Å². The molecule has 0 radical (unpaired) electrons. The molecule has 2 rings (SSSR count). The number of ether oxygens (including phenoxy) is 1. The fourth-order valence-corrected chi connectivity index (χ4v) is 2.73. The second kappa shape index (κ2) is 5.93. The van der Waals surface area contributed by atoms with E-state index in [1.54, 1.807) is 23.1 Å². The smallest absolute Gasteiger partial charge is 0.411 e. The summed E-state index contributed by atoms with van der Waals surface area (Å²) in [5.74, 6) is 0.162. The summed E-state index contributed by atoms with van der Waals surface area (Å²) in [4.78, 5) is 14.0. The summed E-state index contributed by atoms with van der Waals surface area (Å²) in [6.45, 7) is 5.32. The largest absolute Gasteiger partial charge is 0.508 e. The summed E-state index contributed by atoms with van der Waals surface area (Å²) in [5.41, 5.74) is 0.0995. The molecular weight excluding hydrogens is 270 g/mol. The summed E-state index contributed by atoms with van der Waals surface area (Å²) < 4.78 is 5.44. The highest BCUT2D eigenvalue weighted by Gasteiger charge is 2.40. The van der Waals surface area contributed by atoms with Crippen molar-refractivity contribution in [2.75, 3.05) is 6.61 Å². The zero-order valence-corrected chi connectivity index (χ0v) is 12.7. The Kier molecular flexibility index (Phi) is 4.42. The van der Waals surface area contributed by atoms with Crippen molar-refractivity contribution < 1.29 is 19.7 Å². The van der Waals surface area contributed by atoms with Gasteiger partial charge in [0, 0.05) is 5.56 Å². The Labute approximate surface area is 125 Å². The number of amides is 1. The summed E-state index contributed by atoms with van der Waals surface area (Å²) in [7, 11) is 0. The number of para-hydroxylation sites is 1. The molecule has 0 bridgehead atoms. The number of hydrogen-bond donors (Lipinski definition) is 2. The maximum Gasteiger partial charge on any atom is 0.411 e. The van der Waals surface area contributed by atoms with E-state index in [9.17, 15) is 15.0 Å². The van der Waals surface area contributed by atoms with Crippen molar-refractivity contribution in [2.24, 2.45) is 0 Å². The van der Waals surface area contributed by atoms with Crippen molar-refractivity contribution in [3.8, 4) is 5.75 Å². The first kappa shape index (κ1) is 15.6. The molecule has 0 aromatic heterocycles. The minimum atomic E-state index is -0.594. The van der Waals surface area contributed by atoms with E-state index < -0.39 is 11.7 Å². The molecule has 1 aromatic carbocycles. The maximum absolute atomic E-state index is 12.4. The molecule has 21 heavy (non-hydrogen) atoms. The van der Waals surface area contributed by atoms with Crippen LogP contribution in [0.4, 0.5) is 4.79 Å². The van der Waals surface area contributed by atoms with Crippen LogP contribution in [-0.4, -0.2) is 39.5 Å². The van der Waals surface area contributed by atoms with Crippen LogP contribution >= 0.6 is 0 Å². The number of rotatable bonds is 2. The highest BCUT2D eigenvalue weighted by Crippen LogP contribution is 2.40. The van der Waals surface area contributed by atoms with Crippen LogP contribution in [0, 0.1) is 0 Å². The Balaban J connectivity index is 2.29. The van der Waals surface area contributed by atoms with Gasteiger partial charge in [-0.05, 0) is 39.7 Å². The number of benzene rings is 1. The third-order valence-electron chi connectivity index (χ3n) is 3.61. The van der Waals surface area contributed by atoms with Crippen LogP contribution in [0.3, 0.4) is 0 Å². The third-order valence-corrected chi connectivity index (χ3v) is 3.61. The van der Waals surface area contributed by atoms with Gasteiger partial charge < -0.3 is 14.9 Å². The normalized spacial score (nSPS) is 22.4. The molecule has 1 amide bonds. The second-order valence-corrected chi connectivity index (χ2v) is 6.38. The Morgan fingerprint density at radius 2 is 2.00 bits per heavy atom. The topological polar surface area (TPSA) is 70.0 Å². The summed E-state index contributed by atoms with van der Waals surface area (Å²) in [5, 5.41) is 19.5. The fourth-order valence-electron chi connectivity index (χ4n) is 2.73. The van der Waals surface area contributed by atoms with E-state index in [0.717, 1.165) is 0 Å². The number of carbonyl (C=O) groups excluding carboxylic acids is 1. The number of phenolic OH excluding ortho intramolecular Hbond substituents is 1. The molecule has 1 aliphatic rings. The van der Waals surface area contributed by atoms with E-state index in [1.165, 1.54) is 0 Å². The molecule has 1 saturated heterocycles. The zero-order valence-electron chi connectivity index (χ0n) is 12.7. The van der Waals surface area contributed by atoms with Crippen LogP contribution in [0.25, 0.3) is 0 Å². The van der Waals surface area contributed by atoms with Gasteiger partial charge in [0.2, 0.25) is 0 Å². The van der Waals surface area contributed by atoms with Gasteiger partial charge in [0.15, 0.2) is 0 Å². The number of likely N-dealkylation sites (tertiary alicyclic amines) is 1. The molecule has 5 nitrogen and oxygen atoms in total. The van der Waals surface area contributed by atoms with Crippen LogP contribution in [0.1, 0.15) is 45.2 Å². The first-order valence-electron chi connectivity index (χ1n) is 7.23. The van der Waals surface area contributed by atoms with E-state index in [4.69, 9.17) is 4.74 Å². The average Bonchev–Trinajstić information content (AvgIpc) is 2.81. The second-order valence-electron chi connectivity index (χ2n) is 6.38. The van der Waals surface area contributed by atoms with E-state index in [1.807, 2.05) is 26.8 Å². The van der Waals surface area contributed by atoms with Gasteiger partial charge in [-0.2, -0.15) is 0 Å². The van der Waals surface area contributed by atoms with E-state index >= 15 is 0 Å². The minimum absolute atomic E-state index is 0.108. The Hall–Kier alpha value is -1.75. The number of carbonyl (C=O) groups is 1. The molecule has 5 heteroatoms. The van der Waals surface area contributed by atoms with Gasteiger partial charge in [0.05, 0.1) is 18.7 Å². The first-order chi connectivity index (χ1) is 9.83. The Morgan fingerprint density at radius 1 is 1.33 bits per heavy atom. The number of phenols is 1. The van der Waals surface area contributed by atoms with E-state index in [-0.39, 0.29) is 24.4 Å². The summed E-state index contributed by atoms with van der Waals surface area (Å²) in [6.07, 6.45) is 0.934. The number of aliphatic hydroxyl groups excluding tert-OH is 1. The highest BCUT2D eigenvalue weighted by atomic mass is 16.6. The molecule has 2 atom stereocenters. The molecule has 0 spiro atoms. The molecule has 1 aliphatic heterocycles. The summed E-state index contributed by atoms with van der Waals surface area (Å²) in [6, 6.07) is 6.44. The molecule has 0 saturated carbocycles. The lowest BCUT2D eigenvalue weighted by Gasteiger charge is -2.32. The van der Waals surface area contributed by atoms with Crippen LogP contribution in [0.15, 0.2) is 24.3 Å². The van der Waals surface area contributed by atoms with Crippen molar-refractivity contribution in [3.05, 3.63) is 29.8 Å². The predicted molar refractivity (Wildman–Crippen MR) is 79.0 cm³/mol. The van der Waals surface area contributed by atoms with Gasteiger partial charge in [-0.25, -0.2) is 4.79 Å². The molecular formula is C16H23NO4. The fraction of sp³-hybridized carbons (Fsp3) is 0.562. The van der Waals surface area contributed by atoms with Gasteiger partial charge in [0.1, 0.15) is 11.4 Å². The molecule has 0 aliphatic carbocycles. The number of nitrogens with zero attached hydrogens (tertiary/aromatic N) is 1. The van der Waals surface area contributed by atoms with Crippen molar-refractivity contribution in [1.82, 2.24) is 4.90 Å². The monoisotopic (exact) mass is 293 g/mol. The van der Waals surface area contributed by atoms with Crippen molar-refractivity contribution in [2.45, 2.75) is 51.3 Å². The number of aliphatic hydroxyl groups is 1. The molecule has 2 unspecified atom stereocenters. The van der Waals surface area contributed by atoms with Crippen LogP contribution in [0.5, 0.6) is 5.75 Å². The Bertz CT molecular complexity index is 509.